The number of rotatable bonds is 6. The SMILES string of the molecule is C[C@H](Sc1nnc(-c2cccnc2)n1Cc1ccccc1)C(=O)N1c2ccccc2NC(=O)C1(C)C. The summed E-state index contributed by atoms with van der Waals surface area (Å²) in [5, 5.41) is 11.9. The molecule has 0 aliphatic carbocycles. The lowest BCUT2D eigenvalue weighted by Crippen LogP contribution is -2.60. The first-order valence-electron chi connectivity index (χ1n) is 11.6. The second kappa shape index (κ2) is 9.58. The van der Waals surface area contributed by atoms with Crippen molar-refractivity contribution < 1.29 is 9.59 Å². The molecule has 8 nitrogen and oxygen atoms in total. The number of hydrogen-bond acceptors (Lipinski definition) is 6. The Morgan fingerprint density at radius 2 is 1.78 bits per heavy atom. The van der Waals surface area contributed by atoms with Crippen molar-refractivity contribution in [1.29, 1.82) is 0 Å². The molecular weight excluding hydrogens is 472 g/mol. The molecule has 0 spiro atoms. The van der Waals surface area contributed by atoms with Crippen molar-refractivity contribution >= 4 is 35.0 Å². The molecule has 182 valence electrons. The quantitative estimate of drug-likeness (QED) is 0.390. The zero-order valence-corrected chi connectivity index (χ0v) is 21.1. The Morgan fingerprint density at radius 3 is 2.53 bits per heavy atom. The van der Waals surface area contributed by atoms with E-state index in [1.165, 1.54) is 11.8 Å². The van der Waals surface area contributed by atoms with Gasteiger partial charge in [0.1, 0.15) is 5.54 Å². The van der Waals surface area contributed by atoms with Crippen molar-refractivity contribution in [1.82, 2.24) is 19.7 Å². The monoisotopic (exact) mass is 498 g/mol. The molecule has 0 unspecified atom stereocenters. The minimum Gasteiger partial charge on any atom is -0.322 e. The normalized spacial score (nSPS) is 15.2. The number of aromatic nitrogens is 4. The highest BCUT2D eigenvalue weighted by Crippen LogP contribution is 2.39. The number of nitrogens with one attached hydrogen (secondary N) is 1. The van der Waals surface area contributed by atoms with E-state index in [4.69, 9.17) is 0 Å². The van der Waals surface area contributed by atoms with Gasteiger partial charge in [0.05, 0.1) is 23.2 Å². The molecule has 4 aromatic rings. The average molecular weight is 499 g/mol. The standard InChI is InChI=1S/C27H26N6O2S/c1-18(24(34)33-22-14-8-7-13-21(22)29-25(35)27(33,2)3)36-26-31-30-23(20-12-9-15-28-16-20)32(26)17-19-10-5-4-6-11-19/h4-16,18H,17H2,1-3H3,(H,29,35)/t18-/m0/s1. The van der Waals surface area contributed by atoms with Gasteiger partial charge in [-0.25, -0.2) is 0 Å². The summed E-state index contributed by atoms with van der Waals surface area (Å²) in [7, 11) is 0. The fourth-order valence-electron chi connectivity index (χ4n) is 4.23. The average Bonchev–Trinajstić information content (AvgIpc) is 3.27. The number of carbonyl (C=O) groups is 2. The number of fused-ring (bicyclic) bond motifs is 1. The van der Waals surface area contributed by atoms with Gasteiger partial charge in [0, 0.05) is 18.0 Å². The number of thioether (sulfide) groups is 1. The van der Waals surface area contributed by atoms with Crippen molar-refractivity contribution in [3.63, 3.8) is 0 Å². The second-order valence-electron chi connectivity index (χ2n) is 9.08. The number of pyridine rings is 1. The summed E-state index contributed by atoms with van der Waals surface area (Å²) in [5.41, 5.74) is 2.19. The van der Waals surface area contributed by atoms with E-state index in [1.54, 1.807) is 37.2 Å². The van der Waals surface area contributed by atoms with Gasteiger partial charge >= 0.3 is 0 Å². The van der Waals surface area contributed by atoms with E-state index in [0.717, 1.165) is 11.1 Å². The summed E-state index contributed by atoms with van der Waals surface area (Å²) in [5.74, 6) is 0.277. The molecule has 0 saturated carbocycles. The molecule has 9 heteroatoms. The molecule has 36 heavy (non-hydrogen) atoms. The van der Waals surface area contributed by atoms with Gasteiger partial charge in [0.25, 0.3) is 0 Å². The molecule has 5 rings (SSSR count). The van der Waals surface area contributed by atoms with Crippen molar-refractivity contribution in [2.45, 2.75) is 43.3 Å². The summed E-state index contributed by atoms with van der Waals surface area (Å²) in [6.45, 7) is 5.89. The lowest BCUT2D eigenvalue weighted by molar-refractivity contribution is -0.126. The minimum absolute atomic E-state index is 0.176. The van der Waals surface area contributed by atoms with E-state index >= 15 is 0 Å². The van der Waals surface area contributed by atoms with Gasteiger partial charge in [0.2, 0.25) is 11.8 Å². The molecule has 2 amide bonds. The zero-order chi connectivity index (χ0) is 25.3. The molecule has 1 atom stereocenters. The topological polar surface area (TPSA) is 93.0 Å². The van der Waals surface area contributed by atoms with Gasteiger partial charge < -0.3 is 5.32 Å². The number of para-hydroxylation sites is 2. The van der Waals surface area contributed by atoms with Crippen molar-refractivity contribution in [2.75, 3.05) is 10.2 Å². The first kappa shape index (κ1) is 23.7. The van der Waals surface area contributed by atoms with Gasteiger partial charge in [-0.1, -0.05) is 54.2 Å². The molecule has 0 fully saturated rings. The number of anilines is 2. The number of nitrogens with zero attached hydrogens (tertiary/aromatic N) is 5. The fourth-order valence-corrected chi connectivity index (χ4v) is 5.12. The number of benzene rings is 2. The zero-order valence-electron chi connectivity index (χ0n) is 20.3. The maximum absolute atomic E-state index is 13.8. The highest BCUT2D eigenvalue weighted by atomic mass is 32.2. The predicted octanol–water partition coefficient (Wildman–Crippen LogP) is 4.63. The molecular formula is C27H26N6O2S. The van der Waals surface area contributed by atoms with Crippen molar-refractivity contribution in [3.05, 3.63) is 84.7 Å². The van der Waals surface area contributed by atoms with Crippen LogP contribution in [0.3, 0.4) is 0 Å². The van der Waals surface area contributed by atoms with Crippen LogP contribution < -0.4 is 10.2 Å². The van der Waals surface area contributed by atoms with Crippen LogP contribution >= 0.6 is 11.8 Å². The van der Waals surface area contributed by atoms with E-state index in [2.05, 4.69) is 20.5 Å². The van der Waals surface area contributed by atoms with Crippen LogP contribution in [-0.4, -0.2) is 42.4 Å². The Balaban J connectivity index is 1.48. The molecule has 0 radical (unpaired) electrons. The summed E-state index contributed by atoms with van der Waals surface area (Å²) < 4.78 is 2.00. The number of amides is 2. The van der Waals surface area contributed by atoms with Crippen molar-refractivity contribution in [2.24, 2.45) is 0 Å². The van der Waals surface area contributed by atoms with E-state index in [1.807, 2.05) is 72.2 Å². The summed E-state index contributed by atoms with van der Waals surface area (Å²) in [6, 6.07) is 21.2. The van der Waals surface area contributed by atoms with Gasteiger partial charge in [-0.05, 0) is 50.6 Å². The molecule has 3 heterocycles. The predicted molar refractivity (Wildman–Crippen MR) is 141 cm³/mol. The van der Waals surface area contributed by atoms with Gasteiger partial charge in [-0.15, -0.1) is 10.2 Å². The maximum atomic E-state index is 13.8. The van der Waals surface area contributed by atoms with E-state index in [-0.39, 0.29) is 11.8 Å². The molecule has 1 aliphatic rings. The maximum Gasteiger partial charge on any atom is 0.250 e. The summed E-state index contributed by atoms with van der Waals surface area (Å²) >= 11 is 1.33. The van der Waals surface area contributed by atoms with Crippen LogP contribution in [0.1, 0.15) is 26.3 Å². The van der Waals surface area contributed by atoms with E-state index in [0.29, 0.717) is 28.9 Å². The van der Waals surface area contributed by atoms with Gasteiger partial charge in [0.15, 0.2) is 11.0 Å². The smallest absolute Gasteiger partial charge is 0.250 e. The van der Waals surface area contributed by atoms with E-state index < -0.39 is 10.8 Å². The third-order valence-corrected chi connectivity index (χ3v) is 7.25. The van der Waals surface area contributed by atoms with Crippen LogP contribution in [-0.2, 0) is 16.1 Å². The Labute approximate surface area is 213 Å². The van der Waals surface area contributed by atoms with E-state index in [9.17, 15) is 9.59 Å². The van der Waals surface area contributed by atoms with Gasteiger partial charge in [-0.3, -0.25) is 24.0 Å². The van der Waals surface area contributed by atoms with Crippen LogP contribution in [0.25, 0.3) is 11.4 Å². The molecule has 1 N–H and O–H groups in total. The third kappa shape index (κ3) is 4.37. The third-order valence-electron chi connectivity index (χ3n) is 6.18. The number of hydrogen-bond donors (Lipinski definition) is 1. The Morgan fingerprint density at radius 1 is 1.03 bits per heavy atom. The Hall–Kier alpha value is -3.98. The van der Waals surface area contributed by atoms with Crippen LogP contribution in [0.15, 0.2) is 84.3 Å². The van der Waals surface area contributed by atoms with Gasteiger partial charge in [-0.2, -0.15) is 0 Å². The molecule has 1 aliphatic heterocycles. The number of carbonyl (C=O) groups excluding carboxylic acids is 2. The highest BCUT2D eigenvalue weighted by molar-refractivity contribution is 8.00. The highest BCUT2D eigenvalue weighted by Gasteiger charge is 2.45. The Bertz CT molecular complexity index is 1400. The first-order chi connectivity index (χ1) is 17.4. The lowest BCUT2D eigenvalue weighted by atomic mass is 9.96. The molecule has 2 aromatic heterocycles. The molecule has 0 bridgehead atoms. The first-order valence-corrected chi connectivity index (χ1v) is 12.5. The largest absolute Gasteiger partial charge is 0.322 e. The fraction of sp³-hybridized carbons (Fsp3) is 0.222. The summed E-state index contributed by atoms with van der Waals surface area (Å²) in [4.78, 5) is 32.5. The van der Waals surface area contributed by atoms with Crippen LogP contribution in [0.4, 0.5) is 11.4 Å². The van der Waals surface area contributed by atoms with Crippen LogP contribution in [0, 0.1) is 0 Å². The Kier molecular flexibility index (Phi) is 6.32. The van der Waals surface area contributed by atoms with Crippen LogP contribution in [0.5, 0.6) is 0 Å². The molecule has 2 aromatic carbocycles. The molecule has 0 saturated heterocycles. The van der Waals surface area contributed by atoms with Crippen molar-refractivity contribution in [3.8, 4) is 11.4 Å². The lowest BCUT2D eigenvalue weighted by Gasteiger charge is -2.43. The summed E-state index contributed by atoms with van der Waals surface area (Å²) in [6.07, 6.45) is 3.46. The second-order valence-corrected chi connectivity index (χ2v) is 10.4. The van der Waals surface area contributed by atoms with Crippen LogP contribution in [0.2, 0.25) is 0 Å². The minimum atomic E-state index is -1.04.